The average Bonchev–Trinajstić information content (AvgIpc) is 2.55. The lowest BCUT2D eigenvalue weighted by Gasteiger charge is -2.56. The minimum atomic E-state index is -0.0987. The first-order chi connectivity index (χ1) is 11.4. The molecule has 4 atom stereocenters. The van der Waals surface area contributed by atoms with E-state index in [9.17, 15) is 0 Å². The molecule has 0 bridgehead atoms. The smallest absolute Gasteiger partial charge is 0.160 e. The Labute approximate surface area is 149 Å². The van der Waals surface area contributed by atoms with Gasteiger partial charge in [-0.3, -0.25) is 0 Å². The molecule has 1 saturated carbocycles. The number of ether oxygens (including phenoxy) is 3. The van der Waals surface area contributed by atoms with Crippen molar-refractivity contribution in [2.75, 3.05) is 19.8 Å². The van der Waals surface area contributed by atoms with Gasteiger partial charge in [0.05, 0.1) is 6.10 Å². The van der Waals surface area contributed by atoms with Gasteiger partial charge in [0.25, 0.3) is 0 Å². The van der Waals surface area contributed by atoms with Crippen LogP contribution in [0.5, 0.6) is 0 Å². The summed E-state index contributed by atoms with van der Waals surface area (Å²) in [5, 5.41) is 0. The van der Waals surface area contributed by atoms with Gasteiger partial charge in [0.1, 0.15) is 0 Å². The van der Waals surface area contributed by atoms with Crippen LogP contribution in [0.4, 0.5) is 0 Å². The zero-order chi connectivity index (χ0) is 17.7. The normalized spacial score (nSPS) is 33.0. The zero-order valence-electron chi connectivity index (χ0n) is 16.6. The number of rotatable bonds is 7. The van der Waals surface area contributed by atoms with Crippen LogP contribution in [0.2, 0.25) is 0 Å². The fourth-order valence-electron chi connectivity index (χ4n) is 4.94. The van der Waals surface area contributed by atoms with Crippen molar-refractivity contribution in [3.8, 4) is 0 Å². The van der Waals surface area contributed by atoms with E-state index in [4.69, 9.17) is 14.2 Å². The molecule has 0 heterocycles. The molecule has 1 fully saturated rings. The van der Waals surface area contributed by atoms with Crippen LogP contribution < -0.4 is 0 Å². The molecule has 0 radical (unpaired) electrons. The van der Waals surface area contributed by atoms with Crippen molar-refractivity contribution in [1.82, 2.24) is 0 Å². The molecule has 0 amide bonds. The first-order valence-corrected chi connectivity index (χ1v) is 9.95. The van der Waals surface area contributed by atoms with E-state index in [1.807, 2.05) is 0 Å². The van der Waals surface area contributed by atoms with Crippen LogP contribution in [0.3, 0.4) is 0 Å². The third-order valence-electron chi connectivity index (χ3n) is 6.05. The van der Waals surface area contributed by atoms with Crippen molar-refractivity contribution >= 4 is 0 Å². The Hall–Kier alpha value is -0.380. The minimum absolute atomic E-state index is 0.0987. The lowest BCUT2D eigenvalue weighted by molar-refractivity contribution is -0.210. The summed E-state index contributed by atoms with van der Waals surface area (Å²) in [4.78, 5) is 0. The van der Waals surface area contributed by atoms with Crippen molar-refractivity contribution in [3.63, 3.8) is 0 Å². The van der Waals surface area contributed by atoms with Crippen LogP contribution in [0.15, 0.2) is 11.6 Å². The number of hydrogen-bond acceptors (Lipinski definition) is 3. The predicted octanol–water partition coefficient (Wildman–Crippen LogP) is 5.20. The first kappa shape index (κ1) is 19.9. The molecule has 140 valence electrons. The fourth-order valence-corrected chi connectivity index (χ4v) is 4.94. The largest absolute Gasteiger partial charge is 0.374 e. The lowest BCUT2D eigenvalue weighted by atomic mass is 9.50. The molecule has 0 N–H and O–H groups in total. The monoisotopic (exact) mass is 338 g/mol. The van der Waals surface area contributed by atoms with E-state index in [2.05, 4.69) is 47.6 Å². The summed E-state index contributed by atoms with van der Waals surface area (Å²) >= 11 is 0. The lowest BCUT2D eigenvalue weighted by Crippen LogP contribution is -2.51. The molecular weight excluding hydrogens is 300 g/mol. The standard InChI is InChI=1S/C21H38O3/c1-7-22-16-12-15(4)10-11-19-18(14-21(19,5)6)17(13-16)20(23-8-2)24-9-3/h12,16-20H,7-11,13-14H2,1-6H3. The highest BCUT2D eigenvalue weighted by molar-refractivity contribution is 5.09. The Bertz CT molecular complexity index is 409. The van der Waals surface area contributed by atoms with Gasteiger partial charge >= 0.3 is 0 Å². The second-order valence-electron chi connectivity index (χ2n) is 8.19. The van der Waals surface area contributed by atoms with E-state index in [1.54, 1.807) is 0 Å². The van der Waals surface area contributed by atoms with Crippen molar-refractivity contribution in [1.29, 1.82) is 0 Å². The molecule has 2 aliphatic rings. The molecule has 0 saturated heterocycles. The summed E-state index contributed by atoms with van der Waals surface area (Å²) in [5.74, 6) is 1.86. The zero-order valence-corrected chi connectivity index (χ0v) is 16.6. The number of hydrogen-bond donors (Lipinski definition) is 0. The first-order valence-electron chi connectivity index (χ1n) is 9.95. The van der Waals surface area contributed by atoms with E-state index < -0.39 is 0 Å². The molecule has 0 aliphatic heterocycles. The van der Waals surface area contributed by atoms with Crippen molar-refractivity contribution < 1.29 is 14.2 Å². The molecule has 0 aromatic carbocycles. The molecular formula is C21H38O3. The highest BCUT2D eigenvalue weighted by Crippen LogP contribution is 2.58. The molecule has 4 unspecified atom stereocenters. The van der Waals surface area contributed by atoms with Gasteiger partial charge in [-0.2, -0.15) is 0 Å². The number of fused-ring (bicyclic) bond motifs is 1. The van der Waals surface area contributed by atoms with Crippen LogP contribution >= 0.6 is 0 Å². The third kappa shape index (κ3) is 4.62. The minimum Gasteiger partial charge on any atom is -0.374 e. The second-order valence-corrected chi connectivity index (χ2v) is 8.19. The van der Waals surface area contributed by atoms with Crippen molar-refractivity contribution in [2.24, 2.45) is 23.2 Å². The molecule has 0 aromatic rings. The van der Waals surface area contributed by atoms with Gasteiger partial charge in [-0.1, -0.05) is 25.5 Å². The molecule has 0 aromatic heterocycles. The highest BCUT2D eigenvalue weighted by atomic mass is 16.7. The summed E-state index contributed by atoms with van der Waals surface area (Å²) in [6, 6.07) is 0. The topological polar surface area (TPSA) is 27.7 Å². The second kappa shape index (κ2) is 8.82. The van der Waals surface area contributed by atoms with Crippen LogP contribution in [-0.2, 0) is 14.2 Å². The third-order valence-corrected chi connectivity index (χ3v) is 6.05. The summed E-state index contributed by atoms with van der Waals surface area (Å²) < 4.78 is 18.1. The van der Waals surface area contributed by atoms with E-state index in [0.717, 1.165) is 18.9 Å². The van der Waals surface area contributed by atoms with E-state index in [0.29, 0.717) is 30.5 Å². The quantitative estimate of drug-likeness (QED) is 0.472. The molecule has 3 nitrogen and oxygen atoms in total. The summed E-state index contributed by atoms with van der Waals surface area (Å²) in [6.45, 7) is 15.5. The van der Waals surface area contributed by atoms with Gasteiger partial charge in [-0.15, -0.1) is 0 Å². The summed E-state index contributed by atoms with van der Waals surface area (Å²) in [5.41, 5.74) is 1.91. The fraction of sp³-hybridized carbons (Fsp3) is 0.905. The number of allylic oxidation sites excluding steroid dienone is 1. The van der Waals surface area contributed by atoms with Gasteiger partial charge in [-0.05, 0) is 70.6 Å². The van der Waals surface area contributed by atoms with Gasteiger partial charge in [-0.25, -0.2) is 0 Å². The molecule has 3 heteroatoms. The van der Waals surface area contributed by atoms with Crippen LogP contribution in [-0.4, -0.2) is 32.2 Å². The van der Waals surface area contributed by atoms with Gasteiger partial charge in [0.15, 0.2) is 6.29 Å². The SMILES string of the molecule is CCOC1C=C(C)CCC2C(CC2(C)C)C(C(OCC)OCC)C1. The summed E-state index contributed by atoms with van der Waals surface area (Å²) in [6.07, 6.45) is 7.19. The molecule has 0 spiro atoms. The maximum atomic E-state index is 6.05. The Morgan fingerprint density at radius 2 is 1.79 bits per heavy atom. The van der Waals surface area contributed by atoms with E-state index in [-0.39, 0.29) is 12.4 Å². The molecule has 2 aliphatic carbocycles. The maximum Gasteiger partial charge on any atom is 0.160 e. The van der Waals surface area contributed by atoms with E-state index >= 15 is 0 Å². The molecule has 24 heavy (non-hydrogen) atoms. The van der Waals surface area contributed by atoms with Crippen molar-refractivity contribution in [3.05, 3.63) is 11.6 Å². The molecule has 2 rings (SSSR count). The predicted molar refractivity (Wildman–Crippen MR) is 98.9 cm³/mol. The van der Waals surface area contributed by atoms with Gasteiger partial charge < -0.3 is 14.2 Å². The van der Waals surface area contributed by atoms with Crippen LogP contribution in [0, 0.1) is 23.2 Å². The van der Waals surface area contributed by atoms with Crippen molar-refractivity contribution in [2.45, 2.75) is 79.6 Å². The average molecular weight is 339 g/mol. The van der Waals surface area contributed by atoms with Gasteiger partial charge in [0, 0.05) is 25.7 Å². The van der Waals surface area contributed by atoms with E-state index in [1.165, 1.54) is 24.8 Å². The van der Waals surface area contributed by atoms with Crippen LogP contribution in [0.1, 0.15) is 67.2 Å². The highest BCUT2D eigenvalue weighted by Gasteiger charge is 2.52. The Kier molecular flexibility index (Phi) is 7.33. The maximum absolute atomic E-state index is 6.05. The van der Waals surface area contributed by atoms with Gasteiger partial charge in [0.2, 0.25) is 0 Å². The Morgan fingerprint density at radius 3 is 2.33 bits per heavy atom. The van der Waals surface area contributed by atoms with Crippen LogP contribution in [0.25, 0.3) is 0 Å². The Balaban J connectivity index is 2.26. The summed E-state index contributed by atoms with van der Waals surface area (Å²) in [7, 11) is 0. The Morgan fingerprint density at radius 1 is 1.12 bits per heavy atom.